The third-order valence-corrected chi connectivity index (χ3v) is 3.96. The number of hydrogen-bond acceptors (Lipinski definition) is 3. The Balaban J connectivity index is 1.77. The molecule has 2 aromatic rings. The lowest BCUT2D eigenvalue weighted by Crippen LogP contribution is -2.58. The maximum atomic E-state index is 13.6. The Morgan fingerprint density at radius 3 is 2.79 bits per heavy atom. The molecule has 2 N–H and O–H groups in total. The number of carbonyl (C=O) groups excluding carboxylic acids is 2. The molecule has 0 radical (unpaired) electrons. The molecule has 1 atom stereocenters. The fraction of sp³-hybridized carbons (Fsp3) is 0.222. The van der Waals surface area contributed by atoms with Crippen molar-refractivity contribution in [3.05, 3.63) is 59.4 Å². The van der Waals surface area contributed by atoms with Crippen molar-refractivity contribution >= 4 is 17.5 Å². The Hall–Kier alpha value is -2.89. The summed E-state index contributed by atoms with van der Waals surface area (Å²) in [6, 6.07) is 11.4. The summed E-state index contributed by atoms with van der Waals surface area (Å²) in [5, 5.41) is 5.24. The number of amides is 2. The lowest BCUT2D eigenvalue weighted by Gasteiger charge is -2.33. The Morgan fingerprint density at radius 2 is 2.04 bits per heavy atom. The van der Waals surface area contributed by atoms with Gasteiger partial charge in [-0.3, -0.25) is 9.59 Å². The van der Waals surface area contributed by atoms with Crippen molar-refractivity contribution in [3.63, 3.8) is 0 Å². The average molecular weight is 328 g/mol. The molecule has 1 heterocycles. The van der Waals surface area contributed by atoms with E-state index in [9.17, 15) is 14.0 Å². The number of benzene rings is 2. The molecule has 0 spiro atoms. The number of fused-ring (bicyclic) bond motifs is 1. The van der Waals surface area contributed by atoms with Crippen molar-refractivity contribution in [2.45, 2.75) is 26.0 Å². The van der Waals surface area contributed by atoms with Gasteiger partial charge >= 0.3 is 0 Å². The molecule has 0 saturated heterocycles. The Morgan fingerprint density at radius 1 is 1.29 bits per heavy atom. The molecule has 2 aromatic carbocycles. The van der Waals surface area contributed by atoms with Gasteiger partial charge in [0.15, 0.2) is 0 Å². The number of nitrogens with one attached hydrogen (secondary N) is 2. The van der Waals surface area contributed by atoms with Gasteiger partial charge in [-0.1, -0.05) is 24.3 Å². The van der Waals surface area contributed by atoms with Crippen molar-refractivity contribution < 1.29 is 18.7 Å². The van der Waals surface area contributed by atoms with Crippen molar-refractivity contribution in [1.82, 2.24) is 5.32 Å². The highest BCUT2D eigenvalue weighted by molar-refractivity contribution is 6.15. The highest BCUT2D eigenvalue weighted by atomic mass is 19.1. The number of rotatable bonds is 3. The predicted octanol–water partition coefficient (Wildman–Crippen LogP) is 2.54. The highest BCUT2D eigenvalue weighted by Gasteiger charge is 2.47. The van der Waals surface area contributed by atoms with Gasteiger partial charge in [-0.2, -0.15) is 0 Å². The number of carbonyl (C=O) groups is 2. The fourth-order valence-electron chi connectivity index (χ4n) is 2.47. The van der Waals surface area contributed by atoms with Crippen molar-refractivity contribution in [3.8, 4) is 5.75 Å². The quantitative estimate of drug-likeness (QED) is 0.851. The first-order valence-corrected chi connectivity index (χ1v) is 7.53. The lowest BCUT2D eigenvalue weighted by molar-refractivity contribution is -0.146. The molecule has 2 amide bonds. The van der Waals surface area contributed by atoms with Gasteiger partial charge in [-0.15, -0.1) is 0 Å². The van der Waals surface area contributed by atoms with Crippen molar-refractivity contribution in [2.24, 2.45) is 0 Å². The molecular formula is C18H17FN2O3. The van der Waals surface area contributed by atoms with E-state index >= 15 is 0 Å². The predicted molar refractivity (Wildman–Crippen MR) is 87.1 cm³/mol. The first kappa shape index (κ1) is 16.0. The fourth-order valence-corrected chi connectivity index (χ4v) is 2.47. The van der Waals surface area contributed by atoms with Crippen LogP contribution in [0.2, 0.25) is 0 Å². The van der Waals surface area contributed by atoms with Crippen LogP contribution < -0.4 is 15.4 Å². The zero-order chi connectivity index (χ0) is 17.3. The van der Waals surface area contributed by atoms with Crippen molar-refractivity contribution in [2.75, 3.05) is 5.32 Å². The molecule has 0 unspecified atom stereocenters. The van der Waals surface area contributed by atoms with Gasteiger partial charge in [0.1, 0.15) is 11.6 Å². The topological polar surface area (TPSA) is 67.4 Å². The van der Waals surface area contributed by atoms with Gasteiger partial charge in [0, 0.05) is 12.1 Å². The number of aryl methyl sites for hydroxylation is 1. The van der Waals surface area contributed by atoms with Crippen LogP contribution in [0.25, 0.3) is 0 Å². The minimum absolute atomic E-state index is 0.0293. The van der Waals surface area contributed by atoms with E-state index in [4.69, 9.17) is 4.74 Å². The van der Waals surface area contributed by atoms with E-state index in [1.807, 2.05) is 13.0 Å². The Kier molecular flexibility index (Phi) is 3.97. The summed E-state index contributed by atoms with van der Waals surface area (Å²) < 4.78 is 19.3. The van der Waals surface area contributed by atoms with Gasteiger partial charge in [0.05, 0.1) is 5.69 Å². The molecule has 3 rings (SSSR count). The average Bonchev–Trinajstić information content (AvgIpc) is 2.55. The number of hydrogen-bond donors (Lipinski definition) is 2. The molecular weight excluding hydrogens is 311 g/mol. The molecule has 1 aliphatic rings. The Bertz CT molecular complexity index is 822. The van der Waals surface area contributed by atoms with E-state index in [1.165, 1.54) is 13.0 Å². The van der Waals surface area contributed by atoms with E-state index in [-0.39, 0.29) is 6.54 Å². The van der Waals surface area contributed by atoms with Crippen LogP contribution in [0.15, 0.2) is 42.5 Å². The highest BCUT2D eigenvalue weighted by Crippen LogP contribution is 2.34. The van der Waals surface area contributed by atoms with Crippen LogP contribution in [0, 0.1) is 12.7 Å². The van der Waals surface area contributed by atoms with E-state index in [0.29, 0.717) is 17.0 Å². The summed E-state index contributed by atoms with van der Waals surface area (Å²) in [4.78, 5) is 24.8. The number of anilines is 1. The second-order valence-corrected chi connectivity index (χ2v) is 5.86. The zero-order valence-electron chi connectivity index (χ0n) is 13.4. The van der Waals surface area contributed by atoms with Gasteiger partial charge in [-0.05, 0) is 37.6 Å². The van der Waals surface area contributed by atoms with Gasteiger partial charge < -0.3 is 15.4 Å². The van der Waals surface area contributed by atoms with Gasteiger partial charge in [-0.25, -0.2) is 4.39 Å². The van der Waals surface area contributed by atoms with Crippen molar-refractivity contribution in [1.29, 1.82) is 0 Å². The van der Waals surface area contributed by atoms with Gasteiger partial charge in [0.2, 0.25) is 0 Å². The molecule has 124 valence electrons. The molecule has 1 aliphatic heterocycles. The molecule has 0 aliphatic carbocycles. The molecule has 0 fully saturated rings. The minimum Gasteiger partial charge on any atom is -0.466 e. The summed E-state index contributed by atoms with van der Waals surface area (Å²) in [5.41, 5.74) is 0.111. The lowest BCUT2D eigenvalue weighted by atomic mass is 10.0. The zero-order valence-corrected chi connectivity index (χ0v) is 13.4. The molecule has 0 aromatic heterocycles. The van der Waals surface area contributed by atoms with E-state index in [0.717, 1.165) is 5.56 Å². The normalized spacial score (nSPS) is 19.0. The molecule has 6 heteroatoms. The second kappa shape index (κ2) is 5.96. The Labute approximate surface area is 138 Å². The number of halogens is 1. The summed E-state index contributed by atoms with van der Waals surface area (Å²) in [6.45, 7) is 3.25. The van der Waals surface area contributed by atoms with Crippen LogP contribution in [0.4, 0.5) is 10.1 Å². The molecule has 24 heavy (non-hydrogen) atoms. The van der Waals surface area contributed by atoms with Crippen LogP contribution in [0.1, 0.15) is 18.1 Å². The van der Waals surface area contributed by atoms with Crippen LogP contribution in [0.3, 0.4) is 0 Å². The maximum absolute atomic E-state index is 13.6. The molecule has 0 saturated carbocycles. The van der Waals surface area contributed by atoms with Crippen LogP contribution in [-0.2, 0) is 16.1 Å². The summed E-state index contributed by atoms with van der Waals surface area (Å²) in [7, 11) is 0. The molecule has 0 bridgehead atoms. The molecule has 5 nitrogen and oxygen atoms in total. The summed E-state index contributed by atoms with van der Waals surface area (Å²) >= 11 is 0. The van der Waals surface area contributed by atoms with E-state index in [1.54, 1.807) is 30.3 Å². The third-order valence-electron chi connectivity index (χ3n) is 3.96. The first-order valence-electron chi connectivity index (χ1n) is 7.53. The largest absolute Gasteiger partial charge is 0.466 e. The minimum atomic E-state index is -1.71. The second-order valence-electron chi connectivity index (χ2n) is 5.86. The SMILES string of the molecule is Cc1ccc2c(c1)NC(=O)[C@](C)(C(=O)NCc1ccccc1F)O2. The summed E-state index contributed by atoms with van der Waals surface area (Å²) in [5.74, 6) is -1.19. The monoisotopic (exact) mass is 328 g/mol. The van der Waals surface area contributed by atoms with Crippen LogP contribution in [0.5, 0.6) is 5.75 Å². The third kappa shape index (κ3) is 2.82. The summed E-state index contributed by atoms with van der Waals surface area (Å²) in [6.07, 6.45) is 0. The van der Waals surface area contributed by atoms with E-state index in [2.05, 4.69) is 10.6 Å². The van der Waals surface area contributed by atoms with E-state index < -0.39 is 23.2 Å². The number of ether oxygens (including phenoxy) is 1. The van der Waals surface area contributed by atoms with Gasteiger partial charge in [0.25, 0.3) is 17.4 Å². The van der Waals surface area contributed by atoms with Crippen LogP contribution >= 0.6 is 0 Å². The smallest absolute Gasteiger partial charge is 0.278 e. The maximum Gasteiger partial charge on any atom is 0.278 e. The first-order chi connectivity index (χ1) is 11.4. The van der Waals surface area contributed by atoms with Crippen LogP contribution in [-0.4, -0.2) is 17.4 Å². The standard InChI is InChI=1S/C18H17FN2O3/c1-11-7-8-15-14(9-11)21-17(23)18(2,24-15)16(22)20-10-12-5-3-4-6-13(12)19/h3-9H,10H2,1-2H3,(H,20,22)(H,21,23)/t18-/m0/s1.